The lowest BCUT2D eigenvalue weighted by Gasteiger charge is -2.17. The first-order valence-corrected chi connectivity index (χ1v) is 9.78. The minimum absolute atomic E-state index is 0.0382. The van der Waals surface area contributed by atoms with Crippen molar-refractivity contribution in [3.8, 4) is 11.3 Å². The fourth-order valence-corrected chi connectivity index (χ4v) is 3.83. The summed E-state index contributed by atoms with van der Waals surface area (Å²) in [5.41, 5.74) is 4.05. The standard InChI is InChI=1S/C19H13Cl2N3O2S/c20-13-4-1-12(8-14(13)21)18(26)24-19-23-16(9-27-19)11-2-5-15-10(7-11)3-6-17(25)22-15/h1-2,4-5,7-9H,3,6H2,(H,22,25)(H,23,24,26). The van der Waals surface area contributed by atoms with Gasteiger partial charge >= 0.3 is 0 Å². The van der Waals surface area contributed by atoms with E-state index in [1.807, 2.05) is 23.6 Å². The minimum Gasteiger partial charge on any atom is -0.326 e. The highest BCUT2D eigenvalue weighted by atomic mass is 35.5. The number of thiazole rings is 1. The maximum atomic E-state index is 12.4. The first kappa shape index (κ1) is 18.0. The highest BCUT2D eigenvalue weighted by Crippen LogP contribution is 2.31. The van der Waals surface area contributed by atoms with Crippen molar-refractivity contribution < 1.29 is 9.59 Å². The number of carbonyl (C=O) groups is 2. The molecule has 4 rings (SSSR count). The molecule has 0 aliphatic carbocycles. The SMILES string of the molecule is O=C1CCc2cc(-c3csc(NC(=O)c4ccc(Cl)c(Cl)c4)n3)ccc2N1. The number of fused-ring (bicyclic) bond motifs is 1. The Hall–Kier alpha value is -2.41. The number of hydrogen-bond acceptors (Lipinski definition) is 4. The number of amides is 2. The number of halogens is 2. The average molecular weight is 418 g/mol. The Morgan fingerprint density at radius 3 is 2.78 bits per heavy atom. The molecule has 1 aliphatic rings. The molecular formula is C19H13Cl2N3O2S. The number of carbonyl (C=O) groups excluding carboxylic acids is 2. The predicted octanol–water partition coefficient (Wildman–Crippen LogP) is 5.25. The minimum atomic E-state index is -0.303. The molecule has 136 valence electrons. The van der Waals surface area contributed by atoms with Gasteiger partial charge in [-0.15, -0.1) is 11.3 Å². The highest BCUT2D eigenvalue weighted by molar-refractivity contribution is 7.14. The van der Waals surface area contributed by atoms with Crippen molar-refractivity contribution in [2.75, 3.05) is 10.6 Å². The lowest BCUT2D eigenvalue weighted by Crippen LogP contribution is -2.18. The van der Waals surface area contributed by atoms with E-state index in [0.29, 0.717) is 33.6 Å². The summed E-state index contributed by atoms with van der Waals surface area (Å²) in [4.78, 5) is 28.3. The van der Waals surface area contributed by atoms with E-state index in [2.05, 4.69) is 15.6 Å². The Balaban J connectivity index is 1.52. The molecule has 1 aliphatic heterocycles. The van der Waals surface area contributed by atoms with Crippen molar-refractivity contribution in [3.05, 3.63) is 63.0 Å². The van der Waals surface area contributed by atoms with Gasteiger partial charge in [-0.3, -0.25) is 14.9 Å². The number of nitrogens with one attached hydrogen (secondary N) is 2. The van der Waals surface area contributed by atoms with Gasteiger partial charge in [-0.25, -0.2) is 4.98 Å². The second kappa shape index (κ2) is 7.31. The second-order valence-electron chi connectivity index (χ2n) is 6.04. The Bertz CT molecular complexity index is 1060. The summed E-state index contributed by atoms with van der Waals surface area (Å²) in [5.74, 6) is -0.265. The third-order valence-electron chi connectivity index (χ3n) is 4.20. The molecule has 0 spiro atoms. The molecule has 0 atom stereocenters. The van der Waals surface area contributed by atoms with E-state index >= 15 is 0 Å². The van der Waals surface area contributed by atoms with Gasteiger partial charge in [-0.05, 0) is 42.3 Å². The quantitative estimate of drug-likeness (QED) is 0.610. The summed E-state index contributed by atoms with van der Waals surface area (Å²) < 4.78 is 0. The van der Waals surface area contributed by atoms with Crippen molar-refractivity contribution in [3.63, 3.8) is 0 Å². The van der Waals surface area contributed by atoms with Crippen LogP contribution in [0.15, 0.2) is 41.8 Å². The maximum absolute atomic E-state index is 12.4. The molecule has 1 aromatic heterocycles. The largest absolute Gasteiger partial charge is 0.326 e. The van der Waals surface area contributed by atoms with Crippen molar-refractivity contribution in [1.82, 2.24) is 4.98 Å². The summed E-state index contributed by atoms with van der Waals surface area (Å²) in [6.45, 7) is 0. The number of benzene rings is 2. The molecule has 0 radical (unpaired) electrons. The molecular weight excluding hydrogens is 405 g/mol. The number of rotatable bonds is 3. The fraction of sp³-hybridized carbons (Fsp3) is 0.105. The summed E-state index contributed by atoms with van der Waals surface area (Å²) in [6, 6.07) is 10.5. The molecule has 0 saturated heterocycles. The molecule has 2 N–H and O–H groups in total. The Kier molecular flexibility index (Phi) is 4.86. The van der Waals surface area contributed by atoms with Gasteiger partial charge in [0, 0.05) is 28.6 Å². The van der Waals surface area contributed by atoms with Gasteiger partial charge in [-0.1, -0.05) is 29.3 Å². The predicted molar refractivity (Wildman–Crippen MR) is 109 cm³/mol. The summed E-state index contributed by atoms with van der Waals surface area (Å²) in [5, 5.41) is 8.73. The lowest BCUT2D eigenvalue weighted by molar-refractivity contribution is -0.116. The van der Waals surface area contributed by atoms with Crippen molar-refractivity contribution in [2.45, 2.75) is 12.8 Å². The molecule has 2 aromatic carbocycles. The monoisotopic (exact) mass is 417 g/mol. The van der Waals surface area contributed by atoms with Gasteiger partial charge in [0.25, 0.3) is 5.91 Å². The van der Waals surface area contributed by atoms with Crippen LogP contribution < -0.4 is 10.6 Å². The first-order valence-electron chi connectivity index (χ1n) is 8.15. The van der Waals surface area contributed by atoms with Gasteiger partial charge in [0.1, 0.15) is 0 Å². The first-order chi connectivity index (χ1) is 13.0. The smallest absolute Gasteiger partial charge is 0.257 e. The van der Waals surface area contributed by atoms with Crippen LogP contribution in [0, 0.1) is 0 Å². The molecule has 0 unspecified atom stereocenters. The van der Waals surface area contributed by atoms with Crippen LogP contribution >= 0.6 is 34.5 Å². The number of aryl methyl sites for hydroxylation is 1. The highest BCUT2D eigenvalue weighted by Gasteiger charge is 2.16. The molecule has 27 heavy (non-hydrogen) atoms. The molecule has 8 heteroatoms. The zero-order valence-corrected chi connectivity index (χ0v) is 16.2. The van der Waals surface area contributed by atoms with Gasteiger partial charge < -0.3 is 5.32 Å². The third-order valence-corrected chi connectivity index (χ3v) is 5.70. The van der Waals surface area contributed by atoms with Crippen molar-refractivity contribution >= 4 is 57.2 Å². The van der Waals surface area contributed by atoms with Gasteiger partial charge in [0.05, 0.1) is 15.7 Å². The van der Waals surface area contributed by atoms with E-state index in [-0.39, 0.29) is 11.8 Å². The van der Waals surface area contributed by atoms with Crippen LogP contribution in [0.2, 0.25) is 10.0 Å². The summed E-state index contributed by atoms with van der Waals surface area (Å²) in [7, 11) is 0. The summed E-state index contributed by atoms with van der Waals surface area (Å²) >= 11 is 13.2. The number of nitrogens with zero attached hydrogens (tertiary/aromatic N) is 1. The van der Waals surface area contributed by atoms with E-state index < -0.39 is 0 Å². The van der Waals surface area contributed by atoms with E-state index in [1.165, 1.54) is 17.4 Å². The van der Waals surface area contributed by atoms with Crippen LogP contribution in [0.3, 0.4) is 0 Å². The van der Waals surface area contributed by atoms with E-state index in [0.717, 1.165) is 22.5 Å². The molecule has 0 fully saturated rings. The topological polar surface area (TPSA) is 71.1 Å². The normalized spacial score (nSPS) is 13.0. The maximum Gasteiger partial charge on any atom is 0.257 e. The average Bonchev–Trinajstić information content (AvgIpc) is 3.12. The van der Waals surface area contributed by atoms with Crippen LogP contribution in [0.4, 0.5) is 10.8 Å². The zero-order chi connectivity index (χ0) is 19.0. The van der Waals surface area contributed by atoms with Crippen molar-refractivity contribution in [2.24, 2.45) is 0 Å². The Morgan fingerprint density at radius 2 is 1.96 bits per heavy atom. The van der Waals surface area contributed by atoms with Gasteiger partial charge in [-0.2, -0.15) is 0 Å². The Labute approximate surface area is 169 Å². The zero-order valence-electron chi connectivity index (χ0n) is 13.9. The fourth-order valence-electron chi connectivity index (χ4n) is 2.81. The van der Waals surface area contributed by atoms with Crippen LogP contribution in [0.25, 0.3) is 11.3 Å². The van der Waals surface area contributed by atoms with E-state index in [4.69, 9.17) is 23.2 Å². The van der Waals surface area contributed by atoms with Gasteiger partial charge in [0.15, 0.2) is 5.13 Å². The molecule has 2 amide bonds. The molecule has 2 heterocycles. The van der Waals surface area contributed by atoms with E-state index in [9.17, 15) is 9.59 Å². The molecule has 5 nitrogen and oxygen atoms in total. The van der Waals surface area contributed by atoms with Gasteiger partial charge in [0.2, 0.25) is 5.91 Å². The molecule has 0 bridgehead atoms. The number of aromatic nitrogens is 1. The van der Waals surface area contributed by atoms with Crippen LogP contribution in [-0.4, -0.2) is 16.8 Å². The van der Waals surface area contributed by atoms with Crippen LogP contribution in [0.1, 0.15) is 22.3 Å². The van der Waals surface area contributed by atoms with Crippen LogP contribution in [0.5, 0.6) is 0 Å². The molecule has 3 aromatic rings. The van der Waals surface area contributed by atoms with E-state index in [1.54, 1.807) is 12.1 Å². The number of anilines is 2. The summed E-state index contributed by atoms with van der Waals surface area (Å²) in [6.07, 6.45) is 1.19. The second-order valence-corrected chi connectivity index (χ2v) is 7.71. The van der Waals surface area contributed by atoms with Crippen molar-refractivity contribution in [1.29, 1.82) is 0 Å². The lowest BCUT2D eigenvalue weighted by atomic mass is 9.99. The Morgan fingerprint density at radius 1 is 1.11 bits per heavy atom. The third kappa shape index (κ3) is 3.83. The molecule has 0 saturated carbocycles. The van der Waals surface area contributed by atoms with Crippen LogP contribution in [-0.2, 0) is 11.2 Å². The number of hydrogen-bond donors (Lipinski definition) is 2.